The number of carbonyl (C=O) groups is 2. The third kappa shape index (κ3) is 3.19. The fourth-order valence-electron chi connectivity index (χ4n) is 2.75. The Morgan fingerprint density at radius 2 is 2.09 bits per heavy atom. The van der Waals surface area contributed by atoms with Crippen LogP contribution in [0.15, 0.2) is 30.3 Å². The Kier molecular flexibility index (Phi) is 4.29. The minimum absolute atomic E-state index is 0.0535. The van der Waals surface area contributed by atoms with E-state index in [0.717, 1.165) is 25.1 Å². The van der Waals surface area contributed by atoms with E-state index in [-0.39, 0.29) is 11.9 Å². The smallest absolute Gasteiger partial charge is 0.260 e. The Morgan fingerprint density at radius 3 is 2.74 bits per heavy atom. The summed E-state index contributed by atoms with van der Waals surface area (Å²) in [6, 6.07) is 9.10. The van der Waals surface area contributed by atoms with E-state index in [0.29, 0.717) is 15.7 Å². The summed E-state index contributed by atoms with van der Waals surface area (Å²) in [6.07, 6.45) is 1.68. The molecule has 6 nitrogen and oxygen atoms in total. The monoisotopic (exact) mass is 330 g/mol. The first kappa shape index (κ1) is 15.5. The molecular formula is C16H18N4O2S. The molecule has 0 unspecified atom stereocenters. The lowest BCUT2D eigenvalue weighted by molar-refractivity contribution is -0.117. The van der Waals surface area contributed by atoms with Gasteiger partial charge in [0.15, 0.2) is 5.13 Å². The molecule has 7 heteroatoms. The van der Waals surface area contributed by atoms with Crippen LogP contribution < -0.4 is 16.0 Å². The lowest BCUT2D eigenvalue weighted by atomic mass is 10.2. The highest BCUT2D eigenvalue weighted by Crippen LogP contribution is 2.32. The number of thiazole rings is 1. The maximum atomic E-state index is 12.6. The number of nitrogens with one attached hydrogen (secondary N) is 1. The topological polar surface area (TPSA) is 88.3 Å². The van der Waals surface area contributed by atoms with Crippen molar-refractivity contribution in [2.45, 2.75) is 25.8 Å². The molecule has 2 heterocycles. The molecule has 3 N–H and O–H groups in total. The molecule has 1 fully saturated rings. The first-order valence-electron chi connectivity index (χ1n) is 7.46. The predicted molar refractivity (Wildman–Crippen MR) is 90.8 cm³/mol. The van der Waals surface area contributed by atoms with E-state index in [1.165, 1.54) is 11.3 Å². The molecule has 3 rings (SSSR count). The Balaban J connectivity index is 1.78. The maximum Gasteiger partial charge on any atom is 0.260 e. The van der Waals surface area contributed by atoms with Gasteiger partial charge in [-0.25, -0.2) is 4.98 Å². The van der Waals surface area contributed by atoms with Crippen molar-refractivity contribution in [2.24, 2.45) is 5.73 Å². The number of hydrogen-bond donors (Lipinski definition) is 2. The number of hydrogen-bond acceptors (Lipinski definition) is 5. The number of benzene rings is 1. The largest absolute Gasteiger partial charge is 0.365 e. The Hall–Kier alpha value is -2.41. The van der Waals surface area contributed by atoms with E-state index >= 15 is 0 Å². The van der Waals surface area contributed by atoms with Crippen molar-refractivity contribution in [1.29, 1.82) is 0 Å². The number of aromatic nitrogens is 1. The molecule has 0 radical (unpaired) electrons. The van der Waals surface area contributed by atoms with Gasteiger partial charge in [-0.15, -0.1) is 0 Å². The predicted octanol–water partition coefficient (Wildman–Crippen LogP) is 2.16. The zero-order valence-corrected chi connectivity index (χ0v) is 13.6. The van der Waals surface area contributed by atoms with E-state index in [4.69, 9.17) is 5.73 Å². The molecule has 1 aliphatic heterocycles. The van der Waals surface area contributed by atoms with Gasteiger partial charge in [0.2, 0.25) is 5.91 Å². The Morgan fingerprint density at radius 1 is 1.35 bits per heavy atom. The van der Waals surface area contributed by atoms with Gasteiger partial charge in [0, 0.05) is 12.2 Å². The number of aryl methyl sites for hydroxylation is 1. The number of para-hydroxylation sites is 1. The molecule has 1 aromatic heterocycles. The first-order chi connectivity index (χ1) is 11.1. The van der Waals surface area contributed by atoms with E-state index in [9.17, 15) is 9.59 Å². The number of anilines is 2. The molecule has 23 heavy (non-hydrogen) atoms. The summed E-state index contributed by atoms with van der Waals surface area (Å²) in [5.74, 6) is -0.530. The molecule has 0 bridgehead atoms. The SMILES string of the molecule is Cc1nc(N2CCC[C@H]2C(=O)Nc2ccccc2)sc1C(N)=O. The van der Waals surface area contributed by atoms with Crippen LogP contribution >= 0.6 is 11.3 Å². The highest BCUT2D eigenvalue weighted by atomic mass is 32.1. The van der Waals surface area contributed by atoms with Crippen molar-refractivity contribution in [2.75, 3.05) is 16.8 Å². The normalized spacial score (nSPS) is 17.3. The van der Waals surface area contributed by atoms with Crippen LogP contribution in [-0.2, 0) is 4.79 Å². The van der Waals surface area contributed by atoms with Gasteiger partial charge in [-0.1, -0.05) is 29.5 Å². The number of carbonyl (C=O) groups excluding carboxylic acids is 2. The van der Waals surface area contributed by atoms with Crippen LogP contribution in [0.1, 0.15) is 28.2 Å². The van der Waals surface area contributed by atoms with Gasteiger partial charge in [0.05, 0.1) is 5.69 Å². The first-order valence-corrected chi connectivity index (χ1v) is 8.27. The van der Waals surface area contributed by atoms with Gasteiger partial charge in [-0.2, -0.15) is 0 Å². The quantitative estimate of drug-likeness (QED) is 0.899. The summed E-state index contributed by atoms with van der Waals surface area (Å²) in [4.78, 5) is 30.8. The molecular weight excluding hydrogens is 312 g/mol. The van der Waals surface area contributed by atoms with E-state index in [1.807, 2.05) is 35.2 Å². The minimum Gasteiger partial charge on any atom is -0.365 e. The second-order valence-corrected chi connectivity index (χ2v) is 6.46. The molecule has 1 aromatic carbocycles. The highest BCUT2D eigenvalue weighted by molar-refractivity contribution is 7.17. The zero-order valence-electron chi connectivity index (χ0n) is 12.8. The number of amides is 2. The number of nitrogens with two attached hydrogens (primary N) is 1. The van der Waals surface area contributed by atoms with E-state index in [2.05, 4.69) is 10.3 Å². The molecule has 0 aliphatic carbocycles. The van der Waals surface area contributed by atoms with Gasteiger partial charge >= 0.3 is 0 Å². The molecule has 0 spiro atoms. The summed E-state index contributed by atoms with van der Waals surface area (Å²) < 4.78 is 0. The summed E-state index contributed by atoms with van der Waals surface area (Å²) >= 11 is 1.25. The summed E-state index contributed by atoms with van der Waals surface area (Å²) in [5.41, 5.74) is 6.75. The van der Waals surface area contributed by atoms with E-state index in [1.54, 1.807) is 6.92 Å². The molecule has 0 saturated carbocycles. The molecule has 1 aliphatic rings. The van der Waals surface area contributed by atoms with Crippen molar-refractivity contribution >= 4 is 34.0 Å². The van der Waals surface area contributed by atoms with Crippen molar-refractivity contribution in [3.8, 4) is 0 Å². The van der Waals surface area contributed by atoms with Crippen LogP contribution in [0.2, 0.25) is 0 Å². The fraction of sp³-hybridized carbons (Fsp3) is 0.312. The summed E-state index contributed by atoms with van der Waals surface area (Å²) in [6.45, 7) is 2.51. The Labute approximate surface area is 138 Å². The van der Waals surface area contributed by atoms with Crippen molar-refractivity contribution in [3.05, 3.63) is 40.9 Å². The average molecular weight is 330 g/mol. The van der Waals surface area contributed by atoms with Gasteiger partial charge in [0.25, 0.3) is 5.91 Å². The van der Waals surface area contributed by atoms with Gasteiger partial charge in [-0.3, -0.25) is 9.59 Å². The maximum absolute atomic E-state index is 12.6. The standard InChI is InChI=1S/C16H18N4O2S/c1-10-13(14(17)21)23-16(18-10)20-9-5-8-12(20)15(22)19-11-6-3-2-4-7-11/h2-4,6-7,12H,5,8-9H2,1H3,(H2,17,21)(H,19,22)/t12-/m0/s1. The number of rotatable bonds is 4. The van der Waals surface area contributed by atoms with Crippen LogP contribution in [0.3, 0.4) is 0 Å². The average Bonchev–Trinajstić information content (AvgIpc) is 3.14. The third-order valence-corrected chi connectivity index (χ3v) is 5.06. The molecule has 120 valence electrons. The fourth-order valence-corrected chi connectivity index (χ4v) is 3.74. The molecule has 1 atom stereocenters. The third-order valence-electron chi connectivity index (χ3n) is 3.85. The van der Waals surface area contributed by atoms with Crippen LogP contribution in [0.4, 0.5) is 10.8 Å². The lowest BCUT2D eigenvalue weighted by Crippen LogP contribution is -2.39. The minimum atomic E-state index is -0.476. The van der Waals surface area contributed by atoms with Gasteiger partial charge < -0.3 is 16.0 Å². The molecule has 2 amide bonds. The highest BCUT2D eigenvalue weighted by Gasteiger charge is 2.33. The van der Waals surface area contributed by atoms with Crippen molar-refractivity contribution in [3.63, 3.8) is 0 Å². The number of primary amides is 1. The van der Waals surface area contributed by atoms with Crippen LogP contribution in [-0.4, -0.2) is 29.4 Å². The lowest BCUT2D eigenvalue weighted by Gasteiger charge is -2.23. The van der Waals surface area contributed by atoms with Crippen molar-refractivity contribution < 1.29 is 9.59 Å². The van der Waals surface area contributed by atoms with Gasteiger partial charge in [-0.05, 0) is 31.9 Å². The van der Waals surface area contributed by atoms with Crippen LogP contribution in [0.5, 0.6) is 0 Å². The Bertz CT molecular complexity index is 729. The van der Waals surface area contributed by atoms with E-state index < -0.39 is 5.91 Å². The van der Waals surface area contributed by atoms with Gasteiger partial charge in [0.1, 0.15) is 10.9 Å². The molecule has 1 saturated heterocycles. The zero-order chi connectivity index (χ0) is 16.4. The molecule has 2 aromatic rings. The second-order valence-electron chi connectivity index (χ2n) is 5.48. The second kappa shape index (κ2) is 6.37. The van der Waals surface area contributed by atoms with Crippen LogP contribution in [0.25, 0.3) is 0 Å². The summed E-state index contributed by atoms with van der Waals surface area (Å²) in [5, 5.41) is 3.61. The van der Waals surface area contributed by atoms with Crippen molar-refractivity contribution in [1.82, 2.24) is 4.98 Å². The van der Waals surface area contributed by atoms with Crippen LogP contribution in [0, 0.1) is 6.92 Å². The summed E-state index contributed by atoms with van der Waals surface area (Å²) in [7, 11) is 0. The number of nitrogens with zero attached hydrogens (tertiary/aromatic N) is 2.